The van der Waals surface area contributed by atoms with E-state index in [1.165, 1.54) is 18.6 Å². The fourth-order valence-corrected chi connectivity index (χ4v) is 3.03. The van der Waals surface area contributed by atoms with Gasteiger partial charge in [0, 0.05) is 17.3 Å². The highest BCUT2D eigenvalue weighted by molar-refractivity contribution is 7.10. The number of esters is 1. The van der Waals surface area contributed by atoms with Crippen molar-refractivity contribution in [3.63, 3.8) is 0 Å². The highest BCUT2D eigenvalue weighted by Gasteiger charge is 2.19. The van der Waals surface area contributed by atoms with Gasteiger partial charge in [-0.25, -0.2) is 9.78 Å². The lowest BCUT2D eigenvalue weighted by Crippen LogP contribution is -2.32. The van der Waals surface area contributed by atoms with Crippen LogP contribution in [0.3, 0.4) is 0 Å². The molecular formula is C18H15N3O3S. The molecule has 0 radical (unpaired) electrons. The van der Waals surface area contributed by atoms with Crippen LogP contribution in [-0.4, -0.2) is 28.5 Å². The van der Waals surface area contributed by atoms with Crippen LogP contribution in [0, 0.1) is 0 Å². The molecule has 1 N–H and O–H groups in total. The van der Waals surface area contributed by atoms with Gasteiger partial charge in [-0.1, -0.05) is 36.4 Å². The molecule has 126 valence electrons. The second-order valence-electron chi connectivity index (χ2n) is 5.09. The predicted octanol–water partition coefficient (Wildman–Crippen LogP) is 2.60. The van der Waals surface area contributed by atoms with Gasteiger partial charge in [0.2, 0.25) is 0 Å². The quantitative estimate of drug-likeness (QED) is 0.689. The molecule has 0 saturated carbocycles. The Morgan fingerprint density at radius 1 is 1.12 bits per heavy atom. The molecule has 6 nitrogen and oxygen atoms in total. The molecule has 25 heavy (non-hydrogen) atoms. The molecule has 0 spiro atoms. The van der Waals surface area contributed by atoms with Crippen LogP contribution in [0.15, 0.2) is 66.4 Å². The minimum absolute atomic E-state index is 0.0631. The summed E-state index contributed by atoms with van der Waals surface area (Å²) in [7, 11) is 0. The van der Waals surface area contributed by atoms with E-state index in [0.717, 1.165) is 10.4 Å². The van der Waals surface area contributed by atoms with Gasteiger partial charge in [-0.2, -0.15) is 0 Å². The summed E-state index contributed by atoms with van der Waals surface area (Å²) in [5.74, 6) is -1.07. The van der Waals surface area contributed by atoms with Crippen LogP contribution in [0.25, 0.3) is 0 Å². The highest BCUT2D eigenvalue weighted by atomic mass is 32.1. The molecule has 7 heteroatoms. The molecule has 3 rings (SSSR count). The standard InChI is InChI=1S/C18H15N3O3S/c22-16(12-24-18(23)14-11-19-8-9-20-14)21-17(15-7-4-10-25-15)13-5-2-1-3-6-13/h1-11,17H,12H2,(H,21,22)/t17-/m0/s1. The van der Waals surface area contributed by atoms with Crippen LogP contribution in [0.2, 0.25) is 0 Å². The zero-order valence-corrected chi connectivity index (χ0v) is 14.0. The number of ether oxygens (including phenoxy) is 1. The van der Waals surface area contributed by atoms with Crippen molar-refractivity contribution in [1.29, 1.82) is 0 Å². The lowest BCUT2D eigenvalue weighted by atomic mass is 10.1. The van der Waals surface area contributed by atoms with Gasteiger partial charge in [0.05, 0.1) is 12.2 Å². The summed E-state index contributed by atoms with van der Waals surface area (Å²) in [5.41, 5.74) is 1.02. The van der Waals surface area contributed by atoms with Crippen molar-refractivity contribution >= 4 is 23.2 Å². The number of nitrogens with one attached hydrogen (secondary N) is 1. The largest absolute Gasteiger partial charge is 0.451 e. The van der Waals surface area contributed by atoms with Gasteiger partial charge in [-0.15, -0.1) is 11.3 Å². The predicted molar refractivity (Wildman–Crippen MR) is 93.1 cm³/mol. The SMILES string of the molecule is O=C(COC(=O)c1cnccn1)N[C@@H](c1ccccc1)c1cccs1. The lowest BCUT2D eigenvalue weighted by molar-refractivity contribution is -0.124. The van der Waals surface area contributed by atoms with E-state index in [1.807, 2.05) is 47.8 Å². The summed E-state index contributed by atoms with van der Waals surface area (Å²) in [5, 5.41) is 4.85. The van der Waals surface area contributed by atoms with Crippen molar-refractivity contribution in [3.8, 4) is 0 Å². The maximum Gasteiger partial charge on any atom is 0.359 e. The first-order chi connectivity index (χ1) is 12.2. The second-order valence-corrected chi connectivity index (χ2v) is 6.07. The molecule has 0 aliphatic carbocycles. The van der Waals surface area contributed by atoms with E-state index in [2.05, 4.69) is 15.3 Å². The molecule has 0 saturated heterocycles. The maximum atomic E-state index is 12.2. The van der Waals surface area contributed by atoms with Crippen molar-refractivity contribution in [2.45, 2.75) is 6.04 Å². The minimum Gasteiger partial charge on any atom is -0.451 e. The third kappa shape index (κ3) is 4.48. The monoisotopic (exact) mass is 353 g/mol. The average Bonchev–Trinajstić information content (AvgIpc) is 3.20. The Morgan fingerprint density at radius 2 is 1.96 bits per heavy atom. The molecule has 0 unspecified atom stereocenters. The fourth-order valence-electron chi connectivity index (χ4n) is 2.23. The summed E-state index contributed by atoms with van der Waals surface area (Å²) in [6, 6.07) is 13.2. The van der Waals surface area contributed by atoms with E-state index in [0.29, 0.717) is 0 Å². The van der Waals surface area contributed by atoms with Crippen LogP contribution in [-0.2, 0) is 9.53 Å². The number of amides is 1. The van der Waals surface area contributed by atoms with Crippen LogP contribution in [0.4, 0.5) is 0 Å². The molecule has 1 aromatic carbocycles. The van der Waals surface area contributed by atoms with E-state index in [9.17, 15) is 9.59 Å². The van der Waals surface area contributed by atoms with Crippen molar-refractivity contribution in [2.24, 2.45) is 0 Å². The average molecular weight is 353 g/mol. The number of hydrogen-bond acceptors (Lipinski definition) is 6. The zero-order chi connectivity index (χ0) is 17.5. The van der Waals surface area contributed by atoms with Crippen LogP contribution >= 0.6 is 11.3 Å². The molecule has 0 fully saturated rings. The van der Waals surface area contributed by atoms with Crippen LogP contribution in [0.5, 0.6) is 0 Å². The van der Waals surface area contributed by atoms with E-state index in [4.69, 9.17) is 4.74 Å². The van der Waals surface area contributed by atoms with E-state index >= 15 is 0 Å². The number of thiophene rings is 1. The maximum absolute atomic E-state index is 12.2. The number of hydrogen-bond donors (Lipinski definition) is 1. The Bertz CT molecular complexity index is 823. The van der Waals surface area contributed by atoms with Crippen LogP contribution < -0.4 is 5.32 Å². The number of aromatic nitrogens is 2. The van der Waals surface area contributed by atoms with Gasteiger partial charge in [0.25, 0.3) is 5.91 Å². The third-order valence-electron chi connectivity index (χ3n) is 3.37. The molecule has 0 bridgehead atoms. The van der Waals surface area contributed by atoms with E-state index in [1.54, 1.807) is 11.3 Å². The Kier molecular flexibility index (Phi) is 5.48. The lowest BCUT2D eigenvalue weighted by Gasteiger charge is -2.18. The van der Waals surface area contributed by atoms with Gasteiger partial charge in [0.15, 0.2) is 12.3 Å². The summed E-state index contributed by atoms with van der Waals surface area (Å²) < 4.78 is 4.99. The van der Waals surface area contributed by atoms with Crippen molar-refractivity contribution < 1.29 is 14.3 Å². The molecule has 2 heterocycles. The van der Waals surface area contributed by atoms with Gasteiger partial charge in [-0.05, 0) is 17.0 Å². The number of rotatable bonds is 6. The summed E-state index contributed by atoms with van der Waals surface area (Å²) >= 11 is 1.55. The zero-order valence-electron chi connectivity index (χ0n) is 13.2. The molecular weight excluding hydrogens is 338 g/mol. The van der Waals surface area contributed by atoms with Gasteiger partial charge in [0.1, 0.15) is 0 Å². The first-order valence-corrected chi connectivity index (χ1v) is 8.43. The topological polar surface area (TPSA) is 81.2 Å². The van der Waals surface area contributed by atoms with Crippen molar-refractivity contribution in [1.82, 2.24) is 15.3 Å². The molecule has 0 aliphatic heterocycles. The minimum atomic E-state index is -0.685. The molecule has 2 aromatic heterocycles. The van der Waals surface area contributed by atoms with Gasteiger partial charge >= 0.3 is 5.97 Å². The molecule has 1 amide bonds. The molecule has 0 aliphatic rings. The third-order valence-corrected chi connectivity index (χ3v) is 4.31. The smallest absolute Gasteiger partial charge is 0.359 e. The molecule has 1 atom stereocenters. The van der Waals surface area contributed by atoms with E-state index in [-0.39, 0.29) is 24.2 Å². The number of carbonyl (C=O) groups is 2. The highest BCUT2D eigenvalue weighted by Crippen LogP contribution is 2.25. The number of nitrogens with zero attached hydrogens (tertiary/aromatic N) is 2. The second kappa shape index (κ2) is 8.16. The summed E-state index contributed by atoms with van der Waals surface area (Å²) in [4.78, 5) is 32.7. The fraction of sp³-hybridized carbons (Fsp3) is 0.111. The Morgan fingerprint density at radius 3 is 2.64 bits per heavy atom. The van der Waals surface area contributed by atoms with Gasteiger partial charge < -0.3 is 10.1 Å². The summed E-state index contributed by atoms with van der Waals surface area (Å²) in [6.45, 7) is -0.385. The normalized spacial score (nSPS) is 11.5. The summed E-state index contributed by atoms with van der Waals surface area (Å²) in [6.07, 6.45) is 4.13. The van der Waals surface area contributed by atoms with Crippen LogP contribution in [0.1, 0.15) is 27.0 Å². The van der Waals surface area contributed by atoms with Crippen molar-refractivity contribution in [3.05, 3.63) is 82.6 Å². The Labute approximate surface area is 148 Å². The number of benzene rings is 1. The van der Waals surface area contributed by atoms with E-state index < -0.39 is 5.97 Å². The molecule has 3 aromatic rings. The first kappa shape index (κ1) is 16.8. The Hall–Kier alpha value is -3.06. The first-order valence-electron chi connectivity index (χ1n) is 7.55. The number of carbonyl (C=O) groups excluding carboxylic acids is 2. The Balaban J connectivity index is 1.64. The van der Waals surface area contributed by atoms with Crippen molar-refractivity contribution in [2.75, 3.05) is 6.61 Å². The van der Waals surface area contributed by atoms with Gasteiger partial charge in [-0.3, -0.25) is 9.78 Å².